The fraction of sp³-hybridized carbons (Fsp3) is 0.529. The van der Waals surface area contributed by atoms with Crippen molar-refractivity contribution in [1.29, 1.82) is 0 Å². The number of carboxylic acid groups (broad SMARTS) is 1. The third-order valence-electron chi connectivity index (χ3n) is 4.17. The van der Waals surface area contributed by atoms with Crippen molar-refractivity contribution in [2.75, 3.05) is 6.54 Å². The standard InChI is InChI=1S/C17H24N2O3/c20-15(21)11-6-12-18-17(22)19-16(14-9-4-5-10-14)13-7-2-1-3-8-13/h1-3,7-8,14,16H,4-6,9-12H2,(H,20,21)(H2,18,19,22). The van der Waals surface area contributed by atoms with E-state index in [1.165, 1.54) is 12.8 Å². The number of carbonyl (C=O) groups excluding carboxylic acids is 1. The molecule has 0 aliphatic heterocycles. The Morgan fingerprint density at radius 3 is 2.50 bits per heavy atom. The van der Waals surface area contributed by atoms with Crippen molar-refractivity contribution in [3.05, 3.63) is 35.9 Å². The second kappa shape index (κ2) is 8.41. The lowest BCUT2D eigenvalue weighted by Crippen LogP contribution is -2.40. The van der Waals surface area contributed by atoms with E-state index < -0.39 is 5.97 Å². The van der Waals surface area contributed by atoms with Gasteiger partial charge in [-0.1, -0.05) is 43.2 Å². The lowest BCUT2D eigenvalue weighted by atomic mass is 9.92. The van der Waals surface area contributed by atoms with Crippen molar-refractivity contribution >= 4 is 12.0 Å². The summed E-state index contributed by atoms with van der Waals surface area (Å²) in [6, 6.07) is 9.87. The summed E-state index contributed by atoms with van der Waals surface area (Å²) in [5, 5.41) is 14.4. The van der Waals surface area contributed by atoms with Gasteiger partial charge in [0.2, 0.25) is 0 Å². The van der Waals surface area contributed by atoms with Crippen molar-refractivity contribution in [2.24, 2.45) is 5.92 Å². The molecule has 1 saturated carbocycles. The maximum Gasteiger partial charge on any atom is 0.315 e. The van der Waals surface area contributed by atoms with E-state index in [-0.39, 0.29) is 18.5 Å². The number of nitrogens with one attached hydrogen (secondary N) is 2. The smallest absolute Gasteiger partial charge is 0.315 e. The van der Waals surface area contributed by atoms with E-state index in [0.29, 0.717) is 18.9 Å². The van der Waals surface area contributed by atoms with Crippen molar-refractivity contribution in [3.8, 4) is 0 Å². The van der Waals surface area contributed by atoms with E-state index in [4.69, 9.17) is 5.11 Å². The van der Waals surface area contributed by atoms with Gasteiger partial charge < -0.3 is 15.7 Å². The first-order valence-corrected chi connectivity index (χ1v) is 7.98. The van der Waals surface area contributed by atoms with Crippen LogP contribution in [0.25, 0.3) is 0 Å². The Hall–Kier alpha value is -2.04. The van der Waals surface area contributed by atoms with Crippen LogP contribution < -0.4 is 10.6 Å². The van der Waals surface area contributed by atoms with Crippen LogP contribution in [0.15, 0.2) is 30.3 Å². The van der Waals surface area contributed by atoms with Crippen molar-refractivity contribution < 1.29 is 14.7 Å². The summed E-state index contributed by atoms with van der Waals surface area (Å²) < 4.78 is 0. The molecule has 1 aliphatic carbocycles. The Morgan fingerprint density at radius 1 is 1.18 bits per heavy atom. The Balaban J connectivity index is 1.89. The number of aliphatic carboxylic acids is 1. The van der Waals surface area contributed by atoms with Gasteiger partial charge >= 0.3 is 12.0 Å². The van der Waals surface area contributed by atoms with Gasteiger partial charge in [0.1, 0.15) is 0 Å². The van der Waals surface area contributed by atoms with Gasteiger partial charge in [-0.3, -0.25) is 4.79 Å². The zero-order valence-electron chi connectivity index (χ0n) is 12.8. The molecule has 1 aliphatic rings. The van der Waals surface area contributed by atoms with Crippen LogP contribution >= 0.6 is 0 Å². The molecule has 120 valence electrons. The van der Waals surface area contributed by atoms with Gasteiger partial charge in [-0.25, -0.2) is 4.79 Å². The highest BCUT2D eigenvalue weighted by Gasteiger charge is 2.27. The fourth-order valence-corrected chi connectivity index (χ4v) is 3.06. The molecule has 2 rings (SSSR count). The second-order valence-electron chi connectivity index (χ2n) is 5.83. The number of amides is 2. The molecule has 0 bridgehead atoms. The Bertz CT molecular complexity index is 484. The maximum absolute atomic E-state index is 12.1. The van der Waals surface area contributed by atoms with Crippen LogP contribution in [0.2, 0.25) is 0 Å². The van der Waals surface area contributed by atoms with E-state index in [9.17, 15) is 9.59 Å². The van der Waals surface area contributed by atoms with Gasteiger partial charge in [-0.2, -0.15) is 0 Å². The first-order chi connectivity index (χ1) is 10.7. The summed E-state index contributed by atoms with van der Waals surface area (Å²) in [6.45, 7) is 0.379. The molecular weight excluding hydrogens is 280 g/mol. The Kier molecular flexibility index (Phi) is 6.25. The summed E-state index contributed by atoms with van der Waals surface area (Å²) >= 11 is 0. The number of rotatable bonds is 7. The van der Waals surface area contributed by atoms with E-state index in [1.54, 1.807) is 0 Å². The quantitative estimate of drug-likeness (QED) is 0.677. The number of hydrogen-bond donors (Lipinski definition) is 3. The number of urea groups is 1. The highest BCUT2D eigenvalue weighted by Crippen LogP contribution is 2.35. The van der Waals surface area contributed by atoms with Gasteiger partial charge in [0.15, 0.2) is 0 Å². The highest BCUT2D eigenvalue weighted by molar-refractivity contribution is 5.74. The fourth-order valence-electron chi connectivity index (χ4n) is 3.06. The topological polar surface area (TPSA) is 78.4 Å². The first-order valence-electron chi connectivity index (χ1n) is 7.98. The molecule has 0 saturated heterocycles. The van der Waals surface area contributed by atoms with Gasteiger partial charge in [-0.05, 0) is 30.7 Å². The molecule has 1 aromatic carbocycles. The summed E-state index contributed by atoms with van der Waals surface area (Å²) in [7, 11) is 0. The molecule has 5 nitrogen and oxygen atoms in total. The minimum atomic E-state index is -0.838. The van der Waals surface area contributed by atoms with Crippen LogP contribution in [0.4, 0.5) is 4.79 Å². The van der Waals surface area contributed by atoms with E-state index in [0.717, 1.165) is 18.4 Å². The molecule has 3 N–H and O–H groups in total. The number of hydrogen-bond acceptors (Lipinski definition) is 2. The van der Waals surface area contributed by atoms with Crippen LogP contribution in [-0.4, -0.2) is 23.7 Å². The number of carboxylic acids is 1. The molecule has 2 amide bonds. The Morgan fingerprint density at radius 2 is 1.86 bits per heavy atom. The molecule has 0 aromatic heterocycles. The second-order valence-corrected chi connectivity index (χ2v) is 5.83. The van der Waals surface area contributed by atoms with Crippen molar-refractivity contribution in [1.82, 2.24) is 10.6 Å². The molecular formula is C17H24N2O3. The average Bonchev–Trinajstić information content (AvgIpc) is 3.04. The van der Waals surface area contributed by atoms with Gasteiger partial charge in [0.25, 0.3) is 0 Å². The molecule has 1 unspecified atom stereocenters. The zero-order chi connectivity index (χ0) is 15.8. The Labute approximate surface area is 131 Å². The summed E-state index contributed by atoms with van der Waals surface area (Å²) in [6.07, 6.45) is 5.23. The van der Waals surface area contributed by atoms with Gasteiger partial charge in [-0.15, -0.1) is 0 Å². The monoisotopic (exact) mass is 304 g/mol. The minimum absolute atomic E-state index is 0.0307. The summed E-state index contributed by atoms with van der Waals surface area (Å²) in [4.78, 5) is 22.5. The first kappa shape index (κ1) is 16.3. The summed E-state index contributed by atoms with van der Waals surface area (Å²) in [5.41, 5.74) is 1.13. The highest BCUT2D eigenvalue weighted by atomic mass is 16.4. The van der Waals surface area contributed by atoms with Crippen LogP contribution in [-0.2, 0) is 4.79 Å². The van der Waals surface area contributed by atoms with E-state index in [1.807, 2.05) is 30.3 Å². The van der Waals surface area contributed by atoms with E-state index in [2.05, 4.69) is 10.6 Å². The third-order valence-corrected chi connectivity index (χ3v) is 4.17. The summed E-state index contributed by atoms with van der Waals surface area (Å²) in [5.74, 6) is -0.359. The lowest BCUT2D eigenvalue weighted by Gasteiger charge is -2.25. The molecule has 0 heterocycles. The van der Waals surface area contributed by atoms with Crippen molar-refractivity contribution in [2.45, 2.75) is 44.6 Å². The minimum Gasteiger partial charge on any atom is -0.481 e. The number of benzene rings is 1. The van der Waals surface area contributed by atoms with Crippen LogP contribution in [0.5, 0.6) is 0 Å². The number of carbonyl (C=O) groups is 2. The normalized spacial score (nSPS) is 16.2. The largest absolute Gasteiger partial charge is 0.481 e. The molecule has 1 atom stereocenters. The van der Waals surface area contributed by atoms with Crippen LogP contribution in [0, 0.1) is 5.92 Å². The molecule has 22 heavy (non-hydrogen) atoms. The molecule has 5 heteroatoms. The maximum atomic E-state index is 12.1. The van der Waals surface area contributed by atoms with Gasteiger partial charge in [0.05, 0.1) is 6.04 Å². The molecule has 0 spiro atoms. The van der Waals surface area contributed by atoms with Gasteiger partial charge in [0, 0.05) is 13.0 Å². The predicted octanol–water partition coefficient (Wildman–Crippen LogP) is 3.08. The predicted molar refractivity (Wildman–Crippen MR) is 84.5 cm³/mol. The SMILES string of the molecule is O=C(O)CCCNC(=O)NC(c1ccccc1)C1CCCC1. The molecule has 0 radical (unpaired) electrons. The molecule has 1 aromatic rings. The van der Waals surface area contributed by atoms with Crippen LogP contribution in [0.1, 0.15) is 50.1 Å². The van der Waals surface area contributed by atoms with Crippen LogP contribution in [0.3, 0.4) is 0 Å². The third kappa shape index (κ3) is 5.06. The zero-order valence-corrected chi connectivity index (χ0v) is 12.8. The van der Waals surface area contributed by atoms with E-state index >= 15 is 0 Å². The average molecular weight is 304 g/mol. The lowest BCUT2D eigenvalue weighted by molar-refractivity contribution is -0.137. The molecule has 1 fully saturated rings. The van der Waals surface area contributed by atoms with Crippen molar-refractivity contribution in [3.63, 3.8) is 0 Å².